The van der Waals surface area contributed by atoms with Crippen LogP contribution in [0.2, 0.25) is 10.0 Å². The summed E-state index contributed by atoms with van der Waals surface area (Å²) in [7, 11) is -4.19. The van der Waals surface area contributed by atoms with E-state index >= 15 is 0 Å². The number of carbonyl (C=O) groups excluding carboxylic acids is 2. The van der Waals surface area contributed by atoms with Crippen molar-refractivity contribution in [3.63, 3.8) is 0 Å². The van der Waals surface area contributed by atoms with E-state index in [2.05, 4.69) is 5.32 Å². The molecule has 0 spiro atoms. The van der Waals surface area contributed by atoms with Crippen LogP contribution in [0.4, 0.5) is 5.69 Å². The molecule has 46 heavy (non-hydrogen) atoms. The summed E-state index contributed by atoms with van der Waals surface area (Å²) < 4.78 is 29.3. The quantitative estimate of drug-likeness (QED) is 0.170. The van der Waals surface area contributed by atoms with Gasteiger partial charge in [-0.1, -0.05) is 96.9 Å². The lowest BCUT2D eigenvalue weighted by molar-refractivity contribution is -0.140. The zero-order valence-electron chi connectivity index (χ0n) is 26.4. The van der Waals surface area contributed by atoms with Crippen molar-refractivity contribution in [2.24, 2.45) is 0 Å². The summed E-state index contributed by atoms with van der Waals surface area (Å²) in [5.74, 6) is -0.988. The van der Waals surface area contributed by atoms with E-state index in [1.807, 2.05) is 70.2 Å². The molecule has 0 aromatic heterocycles. The topological polar surface area (TPSA) is 86.8 Å². The second-order valence-electron chi connectivity index (χ2n) is 12.0. The molecule has 242 valence electrons. The summed E-state index contributed by atoms with van der Waals surface area (Å²) in [4.78, 5) is 30.0. The molecule has 0 fully saturated rings. The standard InChI is InChI=1S/C36H39Cl2N3O4S/c1-5-26-19-21-28(22-20-26)41(46(44,45)29-15-10-7-11-16-29)25-34(42)40(24-30-31(37)17-12-18-32(30)38)33(35(43)39-36(2,3)4)23-27-13-8-6-9-14-27/h6-22,33H,5,23-25H2,1-4H3,(H,39,43). The van der Waals surface area contributed by atoms with Crippen LogP contribution in [-0.4, -0.2) is 43.3 Å². The van der Waals surface area contributed by atoms with Gasteiger partial charge in [0.2, 0.25) is 11.8 Å². The average Bonchev–Trinajstić information content (AvgIpc) is 3.02. The number of halogens is 2. The first-order valence-electron chi connectivity index (χ1n) is 15.0. The number of amides is 2. The van der Waals surface area contributed by atoms with Crippen molar-refractivity contribution in [1.29, 1.82) is 0 Å². The lowest BCUT2D eigenvalue weighted by Crippen LogP contribution is -2.56. The highest BCUT2D eigenvalue weighted by molar-refractivity contribution is 7.92. The maximum absolute atomic E-state index is 14.6. The molecule has 4 aromatic carbocycles. The summed E-state index contributed by atoms with van der Waals surface area (Å²) in [6, 6.07) is 28.4. The Hall–Kier alpha value is -3.85. The molecule has 1 unspecified atom stereocenters. The third-order valence-electron chi connectivity index (χ3n) is 7.40. The van der Waals surface area contributed by atoms with Crippen LogP contribution in [-0.2, 0) is 39.0 Å². The molecule has 0 saturated heterocycles. The van der Waals surface area contributed by atoms with Gasteiger partial charge in [-0.3, -0.25) is 13.9 Å². The second-order valence-corrected chi connectivity index (χ2v) is 14.7. The Balaban J connectivity index is 1.85. The number of nitrogens with zero attached hydrogens (tertiary/aromatic N) is 2. The second kappa shape index (κ2) is 15.2. The van der Waals surface area contributed by atoms with Gasteiger partial charge in [0.25, 0.3) is 10.0 Å². The van der Waals surface area contributed by atoms with Crippen LogP contribution in [0.15, 0.2) is 108 Å². The van der Waals surface area contributed by atoms with Crippen LogP contribution in [0.3, 0.4) is 0 Å². The van der Waals surface area contributed by atoms with Crippen molar-refractivity contribution < 1.29 is 18.0 Å². The van der Waals surface area contributed by atoms with Crippen molar-refractivity contribution in [2.45, 2.75) is 63.6 Å². The van der Waals surface area contributed by atoms with Gasteiger partial charge in [0.1, 0.15) is 12.6 Å². The van der Waals surface area contributed by atoms with E-state index in [-0.39, 0.29) is 17.9 Å². The molecule has 2 amide bonds. The van der Waals surface area contributed by atoms with Gasteiger partial charge in [-0.15, -0.1) is 0 Å². The van der Waals surface area contributed by atoms with Gasteiger partial charge in [0.05, 0.1) is 10.6 Å². The molecular formula is C36H39Cl2N3O4S. The summed E-state index contributed by atoms with van der Waals surface area (Å²) in [5.41, 5.74) is 2.01. The minimum atomic E-state index is -4.19. The molecule has 0 heterocycles. The average molecular weight is 681 g/mol. The molecule has 1 atom stereocenters. The predicted molar refractivity (Wildman–Crippen MR) is 186 cm³/mol. The van der Waals surface area contributed by atoms with E-state index in [0.717, 1.165) is 21.9 Å². The van der Waals surface area contributed by atoms with Crippen molar-refractivity contribution >= 4 is 50.7 Å². The molecular weight excluding hydrogens is 641 g/mol. The van der Waals surface area contributed by atoms with E-state index in [1.54, 1.807) is 48.5 Å². The van der Waals surface area contributed by atoms with Crippen molar-refractivity contribution in [3.05, 3.63) is 130 Å². The number of anilines is 1. The Kier molecular flexibility index (Phi) is 11.5. The van der Waals surface area contributed by atoms with Gasteiger partial charge in [-0.05, 0) is 74.7 Å². The number of nitrogens with one attached hydrogen (secondary N) is 1. The normalized spacial score (nSPS) is 12.3. The van der Waals surface area contributed by atoms with Gasteiger partial charge in [0.15, 0.2) is 0 Å². The van der Waals surface area contributed by atoms with Crippen molar-refractivity contribution in [1.82, 2.24) is 10.2 Å². The summed E-state index contributed by atoms with van der Waals surface area (Å²) in [6.45, 7) is 6.88. The first-order chi connectivity index (χ1) is 21.8. The third-order valence-corrected chi connectivity index (χ3v) is 9.90. The van der Waals surface area contributed by atoms with Crippen LogP contribution < -0.4 is 9.62 Å². The third kappa shape index (κ3) is 8.90. The molecule has 7 nitrogen and oxygen atoms in total. The van der Waals surface area contributed by atoms with Crippen molar-refractivity contribution in [2.75, 3.05) is 10.8 Å². The monoisotopic (exact) mass is 679 g/mol. The molecule has 4 rings (SSSR count). The fourth-order valence-corrected chi connectivity index (χ4v) is 6.96. The Labute approximate surface area is 282 Å². The summed E-state index contributed by atoms with van der Waals surface area (Å²) in [5, 5.41) is 3.66. The van der Waals surface area contributed by atoms with Crippen LogP contribution in [0.5, 0.6) is 0 Å². The molecule has 0 aliphatic rings. The SMILES string of the molecule is CCc1ccc(N(CC(=O)N(Cc2c(Cl)cccc2Cl)C(Cc2ccccc2)C(=O)NC(C)(C)C)S(=O)(=O)c2ccccc2)cc1. The smallest absolute Gasteiger partial charge is 0.264 e. The fourth-order valence-electron chi connectivity index (χ4n) is 5.01. The van der Waals surface area contributed by atoms with Crippen molar-refractivity contribution in [3.8, 4) is 0 Å². The number of aryl methyl sites for hydroxylation is 1. The molecule has 4 aromatic rings. The number of carbonyl (C=O) groups is 2. The Morgan fingerprint density at radius 3 is 1.89 bits per heavy atom. The Bertz CT molecular complexity index is 1720. The van der Waals surface area contributed by atoms with Crippen LogP contribution in [0.25, 0.3) is 0 Å². The van der Waals surface area contributed by atoms with E-state index in [4.69, 9.17) is 23.2 Å². The van der Waals surface area contributed by atoms with E-state index < -0.39 is 40.0 Å². The molecule has 0 aliphatic heterocycles. The highest BCUT2D eigenvalue weighted by Crippen LogP contribution is 2.29. The number of sulfonamides is 1. The molecule has 10 heteroatoms. The molecule has 1 N–H and O–H groups in total. The zero-order chi connectivity index (χ0) is 33.5. The summed E-state index contributed by atoms with van der Waals surface area (Å²) >= 11 is 13.2. The molecule has 0 saturated carbocycles. The zero-order valence-corrected chi connectivity index (χ0v) is 28.7. The highest BCUT2D eigenvalue weighted by atomic mass is 35.5. The van der Waals surface area contributed by atoms with Crippen LogP contribution in [0.1, 0.15) is 44.4 Å². The Morgan fingerprint density at radius 1 is 0.783 bits per heavy atom. The maximum Gasteiger partial charge on any atom is 0.264 e. The first kappa shape index (κ1) is 35.0. The van der Waals surface area contributed by atoms with E-state index in [0.29, 0.717) is 21.3 Å². The lowest BCUT2D eigenvalue weighted by atomic mass is 10.0. The number of hydrogen-bond donors (Lipinski definition) is 1. The predicted octanol–water partition coefficient (Wildman–Crippen LogP) is 7.31. The minimum absolute atomic E-state index is 0.0365. The van der Waals surface area contributed by atoms with Gasteiger partial charge >= 0.3 is 0 Å². The maximum atomic E-state index is 14.6. The van der Waals surface area contributed by atoms with Gasteiger partial charge in [-0.2, -0.15) is 0 Å². The lowest BCUT2D eigenvalue weighted by Gasteiger charge is -2.35. The van der Waals surface area contributed by atoms with Crippen LogP contribution in [0, 0.1) is 0 Å². The number of benzene rings is 4. The molecule has 0 radical (unpaired) electrons. The van der Waals surface area contributed by atoms with Crippen LogP contribution >= 0.6 is 23.2 Å². The van der Waals surface area contributed by atoms with Gasteiger partial charge < -0.3 is 10.2 Å². The highest BCUT2D eigenvalue weighted by Gasteiger charge is 2.36. The minimum Gasteiger partial charge on any atom is -0.350 e. The van der Waals surface area contributed by atoms with Gasteiger partial charge in [0, 0.05) is 34.1 Å². The number of hydrogen-bond acceptors (Lipinski definition) is 4. The van der Waals surface area contributed by atoms with E-state index in [9.17, 15) is 18.0 Å². The van der Waals surface area contributed by atoms with E-state index in [1.165, 1.54) is 17.0 Å². The molecule has 0 aliphatic carbocycles. The number of rotatable bonds is 12. The van der Waals surface area contributed by atoms with Gasteiger partial charge in [-0.25, -0.2) is 8.42 Å². The summed E-state index contributed by atoms with van der Waals surface area (Å²) in [6.07, 6.45) is 0.939. The largest absolute Gasteiger partial charge is 0.350 e. The Morgan fingerprint density at radius 2 is 1.35 bits per heavy atom. The molecule has 0 bridgehead atoms. The fraction of sp³-hybridized carbons (Fsp3) is 0.278. The first-order valence-corrected chi connectivity index (χ1v) is 17.2.